The van der Waals surface area contributed by atoms with Crippen LogP contribution in [0.25, 0.3) is 6.08 Å². The van der Waals surface area contributed by atoms with Crippen molar-refractivity contribution in [2.75, 3.05) is 12.4 Å². The highest BCUT2D eigenvalue weighted by Gasteiger charge is 2.13. The van der Waals surface area contributed by atoms with Crippen LogP contribution in [0.5, 0.6) is 0 Å². The van der Waals surface area contributed by atoms with Gasteiger partial charge in [-0.2, -0.15) is 0 Å². The molecule has 3 N–H and O–H groups in total. The SMILES string of the molecule is CCC.CNc1cc(C(/C=C/c2cccc(F)c2C)CCC(=O)NO)ccc1C. The molecule has 0 bridgehead atoms. The minimum Gasteiger partial charge on any atom is -0.388 e. The summed E-state index contributed by atoms with van der Waals surface area (Å²) < 4.78 is 13.7. The van der Waals surface area contributed by atoms with Crippen molar-refractivity contribution in [2.24, 2.45) is 0 Å². The Morgan fingerprint density at radius 1 is 1.21 bits per heavy atom. The van der Waals surface area contributed by atoms with Crippen LogP contribution in [0.15, 0.2) is 42.5 Å². The molecule has 4 nitrogen and oxygen atoms in total. The van der Waals surface area contributed by atoms with Crippen molar-refractivity contribution in [2.45, 2.75) is 52.9 Å². The minimum atomic E-state index is -0.425. The molecule has 158 valence electrons. The fourth-order valence-corrected chi connectivity index (χ4v) is 2.88. The van der Waals surface area contributed by atoms with Crippen LogP contribution in [0.2, 0.25) is 0 Å². The summed E-state index contributed by atoms with van der Waals surface area (Å²) in [4.78, 5) is 11.5. The Balaban J connectivity index is 0.00000132. The van der Waals surface area contributed by atoms with Crippen molar-refractivity contribution in [1.29, 1.82) is 0 Å². The standard InChI is InChI=1S/C21H25FN2O2.C3H8/c1-14-7-8-18(13-20(14)23-3)17(11-12-21(25)24-26)10-9-16-5-4-6-19(22)15(16)2;1-3-2/h4-10,13,17,23,26H,11-12H2,1-3H3,(H,24,25);3H2,1-2H3/b10-9+;. The van der Waals surface area contributed by atoms with Gasteiger partial charge in [-0.05, 0) is 54.7 Å². The van der Waals surface area contributed by atoms with Crippen molar-refractivity contribution in [3.8, 4) is 0 Å². The Bertz CT molecular complexity index is 819. The van der Waals surface area contributed by atoms with Gasteiger partial charge in [-0.3, -0.25) is 10.0 Å². The molecule has 2 aromatic rings. The maximum atomic E-state index is 13.7. The van der Waals surface area contributed by atoms with Crippen LogP contribution >= 0.6 is 0 Å². The van der Waals surface area contributed by atoms with E-state index in [9.17, 15) is 9.18 Å². The number of allylic oxidation sites excluding steroid dienone is 1. The number of nitrogens with one attached hydrogen (secondary N) is 2. The molecule has 0 heterocycles. The molecule has 0 aliphatic carbocycles. The number of hydroxylamine groups is 1. The number of aryl methyl sites for hydroxylation is 1. The van der Waals surface area contributed by atoms with Gasteiger partial charge in [-0.15, -0.1) is 0 Å². The number of hydrogen-bond donors (Lipinski definition) is 3. The monoisotopic (exact) mass is 400 g/mol. The summed E-state index contributed by atoms with van der Waals surface area (Å²) in [6.07, 6.45) is 5.84. The molecular weight excluding hydrogens is 367 g/mol. The van der Waals surface area contributed by atoms with Crippen molar-refractivity contribution >= 4 is 17.7 Å². The fourth-order valence-electron chi connectivity index (χ4n) is 2.88. The van der Waals surface area contributed by atoms with E-state index in [1.807, 2.05) is 44.3 Å². The average Bonchev–Trinajstić information content (AvgIpc) is 2.71. The van der Waals surface area contributed by atoms with E-state index in [0.717, 1.165) is 22.4 Å². The van der Waals surface area contributed by atoms with Crippen molar-refractivity contribution in [3.05, 3.63) is 70.5 Å². The lowest BCUT2D eigenvalue weighted by molar-refractivity contribution is -0.129. The molecule has 0 aliphatic rings. The van der Waals surface area contributed by atoms with Gasteiger partial charge in [0.15, 0.2) is 0 Å². The van der Waals surface area contributed by atoms with Gasteiger partial charge in [0.2, 0.25) is 5.91 Å². The third kappa shape index (κ3) is 7.70. The first kappa shape index (κ1) is 24.4. The molecule has 0 aliphatic heterocycles. The molecule has 0 radical (unpaired) electrons. The molecule has 2 aromatic carbocycles. The van der Waals surface area contributed by atoms with E-state index in [1.165, 1.54) is 12.5 Å². The second-order valence-electron chi connectivity index (χ2n) is 7.02. The van der Waals surface area contributed by atoms with Crippen molar-refractivity contribution in [1.82, 2.24) is 5.48 Å². The molecule has 0 saturated carbocycles. The largest absolute Gasteiger partial charge is 0.388 e. The Morgan fingerprint density at radius 3 is 2.52 bits per heavy atom. The Kier molecular flexibility index (Phi) is 10.7. The lowest BCUT2D eigenvalue weighted by Gasteiger charge is -2.16. The highest BCUT2D eigenvalue weighted by Crippen LogP contribution is 2.28. The van der Waals surface area contributed by atoms with E-state index in [4.69, 9.17) is 5.21 Å². The molecule has 29 heavy (non-hydrogen) atoms. The van der Waals surface area contributed by atoms with Gasteiger partial charge in [0.25, 0.3) is 0 Å². The van der Waals surface area contributed by atoms with E-state index in [1.54, 1.807) is 18.5 Å². The first-order chi connectivity index (χ1) is 13.9. The van der Waals surface area contributed by atoms with Crippen LogP contribution < -0.4 is 10.8 Å². The van der Waals surface area contributed by atoms with Crippen LogP contribution in [0, 0.1) is 19.7 Å². The van der Waals surface area contributed by atoms with Gasteiger partial charge in [-0.25, -0.2) is 9.87 Å². The first-order valence-corrected chi connectivity index (χ1v) is 10.0. The molecular formula is C24H33FN2O2. The summed E-state index contributed by atoms with van der Waals surface area (Å²) >= 11 is 0. The Hall–Kier alpha value is -2.66. The number of carbonyl (C=O) groups excluding carboxylic acids is 1. The molecule has 5 heteroatoms. The summed E-state index contributed by atoms with van der Waals surface area (Å²) in [7, 11) is 1.87. The molecule has 0 fully saturated rings. The summed E-state index contributed by atoms with van der Waals surface area (Å²) in [5.41, 5.74) is 6.28. The normalized spacial score (nSPS) is 11.6. The molecule has 0 aromatic heterocycles. The lowest BCUT2D eigenvalue weighted by Crippen LogP contribution is -2.18. The average molecular weight is 401 g/mol. The van der Waals surface area contributed by atoms with Crippen LogP contribution in [-0.4, -0.2) is 18.2 Å². The summed E-state index contributed by atoms with van der Waals surface area (Å²) in [5.74, 6) is -0.704. The molecule has 1 amide bonds. The maximum absolute atomic E-state index is 13.7. The zero-order valence-electron chi connectivity index (χ0n) is 18.1. The summed E-state index contributed by atoms with van der Waals surface area (Å²) in [6.45, 7) is 8.02. The molecule has 0 saturated heterocycles. The third-order valence-electron chi connectivity index (χ3n) is 4.58. The molecule has 1 atom stereocenters. The van der Waals surface area contributed by atoms with Crippen molar-refractivity contribution < 1.29 is 14.4 Å². The van der Waals surface area contributed by atoms with E-state index >= 15 is 0 Å². The number of anilines is 1. The first-order valence-electron chi connectivity index (χ1n) is 10.0. The summed E-state index contributed by atoms with van der Waals surface area (Å²) in [6, 6.07) is 11.1. The molecule has 1 unspecified atom stereocenters. The second-order valence-corrected chi connectivity index (χ2v) is 7.02. The van der Waals surface area contributed by atoms with Gasteiger partial charge < -0.3 is 5.32 Å². The highest BCUT2D eigenvalue weighted by molar-refractivity contribution is 5.74. The van der Waals surface area contributed by atoms with Crippen LogP contribution in [-0.2, 0) is 4.79 Å². The lowest BCUT2D eigenvalue weighted by atomic mass is 9.91. The van der Waals surface area contributed by atoms with Gasteiger partial charge in [0.05, 0.1) is 0 Å². The number of amides is 1. The number of benzene rings is 2. The van der Waals surface area contributed by atoms with Gasteiger partial charge in [0, 0.05) is 25.1 Å². The number of rotatable bonds is 7. The molecule has 2 rings (SSSR count). The topological polar surface area (TPSA) is 61.4 Å². The number of hydrogen-bond acceptors (Lipinski definition) is 3. The van der Waals surface area contributed by atoms with E-state index in [2.05, 4.69) is 25.2 Å². The van der Waals surface area contributed by atoms with Gasteiger partial charge in [0.1, 0.15) is 5.82 Å². The zero-order valence-corrected chi connectivity index (χ0v) is 18.1. The fraction of sp³-hybridized carbons (Fsp3) is 0.375. The van der Waals surface area contributed by atoms with Crippen molar-refractivity contribution in [3.63, 3.8) is 0 Å². The van der Waals surface area contributed by atoms with E-state index in [-0.39, 0.29) is 18.2 Å². The third-order valence-corrected chi connectivity index (χ3v) is 4.58. The highest BCUT2D eigenvalue weighted by atomic mass is 19.1. The minimum absolute atomic E-state index is 0.0392. The summed E-state index contributed by atoms with van der Waals surface area (Å²) in [5, 5.41) is 11.9. The van der Waals surface area contributed by atoms with E-state index < -0.39 is 5.91 Å². The number of halogens is 1. The van der Waals surface area contributed by atoms with Gasteiger partial charge in [-0.1, -0.05) is 56.7 Å². The zero-order chi connectivity index (χ0) is 21.8. The molecule has 0 spiro atoms. The maximum Gasteiger partial charge on any atom is 0.243 e. The Labute approximate surface area is 173 Å². The van der Waals surface area contributed by atoms with Crippen LogP contribution in [0.3, 0.4) is 0 Å². The predicted octanol–water partition coefficient (Wildman–Crippen LogP) is 5.98. The Morgan fingerprint density at radius 2 is 1.90 bits per heavy atom. The predicted molar refractivity (Wildman–Crippen MR) is 119 cm³/mol. The van der Waals surface area contributed by atoms with Crippen LogP contribution in [0.4, 0.5) is 10.1 Å². The van der Waals surface area contributed by atoms with Crippen LogP contribution in [0.1, 0.15) is 61.3 Å². The van der Waals surface area contributed by atoms with E-state index in [0.29, 0.717) is 12.0 Å². The second kappa shape index (κ2) is 12.7. The quantitative estimate of drug-likeness (QED) is 0.395. The van der Waals surface area contributed by atoms with Gasteiger partial charge >= 0.3 is 0 Å². The number of carbonyl (C=O) groups is 1. The smallest absolute Gasteiger partial charge is 0.243 e.